The van der Waals surface area contributed by atoms with Gasteiger partial charge in [-0.1, -0.05) is 40.2 Å². The normalized spacial score (nSPS) is 11.5. The fourth-order valence-corrected chi connectivity index (χ4v) is 2.19. The summed E-state index contributed by atoms with van der Waals surface area (Å²) < 4.78 is 3.05. The zero-order valence-electron chi connectivity index (χ0n) is 10.4. The number of halogens is 1. The Labute approximate surface area is 119 Å². The molecule has 0 fully saturated rings. The molecule has 3 nitrogen and oxygen atoms in total. The molecular formula is C15H12BrN3. The third kappa shape index (κ3) is 2.44. The van der Waals surface area contributed by atoms with Crippen molar-refractivity contribution in [3.63, 3.8) is 0 Å². The molecular weight excluding hydrogens is 302 g/mol. The Kier molecular flexibility index (Phi) is 3.17. The highest BCUT2D eigenvalue weighted by atomic mass is 79.9. The number of nitrogens with zero attached hydrogens (tertiary/aromatic N) is 3. The maximum Gasteiger partial charge on any atom is 0.230 e. The molecule has 94 valence electrons. The minimum atomic E-state index is 0.712. The SMILES string of the molecule is Cn1c(N=Cc2ccc(Br)cc2)nc2ccccc21. The Hall–Kier alpha value is -1.94. The van der Waals surface area contributed by atoms with Gasteiger partial charge in [0.2, 0.25) is 5.95 Å². The van der Waals surface area contributed by atoms with E-state index < -0.39 is 0 Å². The number of aliphatic imine (C=N–C) groups is 1. The Bertz CT molecular complexity index is 742. The van der Waals surface area contributed by atoms with E-state index in [1.807, 2.05) is 66.4 Å². The lowest BCUT2D eigenvalue weighted by atomic mass is 10.2. The van der Waals surface area contributed by atoms with E-state index in [2.05, 4.69) is 25.9 Å². The molecule has 19 heavy (non-hydrogen) atoms. The number of hydrogen-bond donors (Lipinski definition) is 0. The van der Waals surface area contributed by atoms with E-state index in [0.717, 1.165) is 21.1 Å². The van der Waals surface area contributed by atoms with Crippen LogP contribution in [0.25, 0.3) is 11.0 Å². The van der Waals surface area contributed by atoms with Crippen LogP contribution in [0, 0.1) is 0 Å². The summed E-state index contributed by atoms with van der Waals surface area (Å²) in [6, 6.07) is 16.0. The monoisotopic (exact) mass is 313 g/mol. The molecule has 0 aliphatic heterocycles. The van der Waals surface area contributed by atoms with Crippen LogP contribution in [0.3, 0.4) is 0 Å². The molecule has 3 aromatic rings. The highest BCUT2D eigenvalue weighted by Gasteiger charge is 2.04. The van der Waals surface area contributed by atoms with Gasteiger partial charge in [0.15, 0.2) is 0 Å². The quantitative estimate of drug-likeness (QED) is 0.655. The summed E-state index contributed by atoms with van der Waals surface area (Å²) in [6.45, 7) is 0. The molecule has 0 aliphatic rings. The van der Waals surface area contributed by atoms with Gasteiger partial charge in [-0.05, 0) is 29.8 Å². The molecule has 0 amide bonds. The first-order valence-electron chi connectivity index (χ1n) is 5.95. The first-order valence-corrected chi connectivity index (χ1v) is 6.74. The van der Waals surface area contributed by atoms with Crippen LogP contribution in [-0.2, 0) is 7.05 Å². The Morgan fingerprint density at radius 3 is 2.58 bits per heavy atom. The second-order valence-corrected chi connectivity index (χ2v) is 5.18. The van der Waals surface area contributed by atoms with E-state index in [4.69, 9.17) is 0 Å². The van der Waals surface area contributed by atoms with Gasteiger partial charge in [0.1, 0.15) is 0 Å². The molecule has 0 radical (unpaired) electrons. The van der Waals surface area contributed by atoms with Crippen LogP contribution in [0.1, 0.15) is 5.56 Å². The largest absolute Gasteiger partial charge is 0.311 e. The van der Waals surface area contributed by atoms with Crippen LogP contribution in [-0.4, -0.2) is 15.8 Å². The fraction of sp³-hybridized carbons (Fsp3) is 0.0667. The number of para-hydroxylation sites is 2. The fourth-order valence-electron chi connectivity index (χ4n) is 1.93. The third-order valence-corrected chi connectivity index (χ3v) is 3.49. The van der Waals surface area contributed by atoms with Gasteiger partial charge in [0.05, 0.1) is 11.0 Å². The van der Waals surface area contributed by atoms with Gasteiger partial charge in [0.25, 0.3) is 0 Å². The molecule has 0 bridgehead atoms. The number of aryl methyl sites for hydroxylation is 1. The molecule has 4 heteroatoms. The third-order valence-electron chi connectivity index (χ3n) is 2.96. The minimum Gasteiger partial charge on any atom is -0.311 e. The van der Waals surface area contributed by atoms with E-state index in [9.17, 15) is 0 Å². The predicted molar refractivity (Wildman–Crippen MR) is 82.1 cm³/mol. The van der Waals surface area contributed by atoms with Crippen LogP contribution >= 0.6 is 15.9 Å². The van der Waals surface area contributed by atoms with Crippen molar-refractivity contribution in [2.45, 2.75) is 0 Å². The molecule has 2 aromatic carbocycles. The molecule has 0 aliphatic carbocycles. The van der Waals surface area contributed by atoms with Crippen molar-refractivity contribution < 1.29 is 0 Å². The molecule has 0 spiro atoms. The summed E-state index contributed by atoms with van der Waals surface area (Å²) in [5, 5.41) is 0. The van der Waals surface area contributed by atoms with Gasteiger partial charge < -0.3 is 4.57 Å². The smallest absolute Gasteiger partial charge is 0.230 e. The molecule has 0 saturated carbocycles. The number of hydrogen-bond acceptors (Lipinski definition) is 2. The molecule has 0 N–H and O–H groups in total. The van der Waals surface area contributed by atoms with Crippen LogP contribution < -0.4 is 0 Å². The average Bonchev–Trinajstić information content (AvgIpc) is 2.76. The number of rotatable bonds is 2. The zero-order chi connectivity index (χ0) is 13.2. The van der Waals surface area contributed by atoms with Crippen LogP contribution in [0.5, 0.6) is 0 Å². The second kappa shape index (κ2) is 4.97. The Morgan fingerprint density at radius 2 is 1.84 bits per heavy atom. The number of aromatic nitrogens is 2. The van der Waals surface area contributed by atoms with Crippen molar-refractivity contribution in [3.05, 3.63) is 58.6 Å². The summed E-state index contributed by atoms with van der Waals surface area (Å²) in [4.78, 5) is 8.96. The second-order valence-electron chi connectivity index (χ2n) is 4.27. The van der Waals surface area contributed by atoms with Gasteiger partial charge in [-0.25, -0.2) is 9.98 Å². The number of fused-ring (bicyclic) bond motifs is 1. The summed E-state index contributed by atoms with van der Waals surface area (Å²) in [5.41, 5.74) is 3.11. The molecule has 1 heterocycles. The Balaban J connectivity index is 1.97. The van der Waals surface area contributed by atoms with E-state index in [0.29, 0.717) is 5.95 Å². The summed E-state index contributed by atoms with van der Waals surface area (Å²) in [6.07, 6.45) is 1.83. The number of imidazole rings is 1. The van der Waals surface area contributed by atoms with Crippen molar-refractivity contribution in [1.29, 1.82) is 0 Å². The highest BCUT2D eigenvalue weighted by molar-refractivity contribution is 9.10. The van der Waals surface area contributed by atoms with E-state index in [1.165, 1.54) is 0 Å². The van der Waals surface area contributed by atoms with Crippen molar-refractivity contribution in [2.75, 3.05) is 0 Å². The summed E-state index contributed by atoms with van der Waals surface area (Å²) >= 11 is 3.42. The summed E-state index contributed by atoms with van der Waals surface area (Å²) in [7, 11) is 1.98. The standard InChI is InChI=1S/C15H12BrN3/c1-19-14-5-3-2-4-13(14)18-15(19)17-10-11-6-8-12(16)9-7-11/h2-10H,1H3. The van der Waals surface area contributed by atoms with Crippen molar-refractivity contribution in [2.24, 2.45) is 12.0 Å². The molecule has 3 rings (SSSR count). The van der Waals surface area contributed by atoms with Gasteiger partial charge in [-0.15, -0.1) is 0 Å². The topological polar surface area (TPSA) is 30.2 Å². The maximum absolute atomic E-state index is 4.50. The van der Waals surface area contributed by atoms with Crippen LogP contribution in [0.4, 0.5) is 5.95 Å². The zero-order valence-corrected chi connectivity index (χ0v) is 12.0. The van der Waals surface area contributed by atoms with Gasteiger partial charge in [0, 0.05) is 17.7 Å². The average molecular weight is 314 g/mol. The number of benzene rings is 2. The summed E-state index contributed by atoms with van der Waals surface area (Å²) in [5.74, 6) is 0.712. The van der Waals surface area contributed by atoms with Crippen molar-refractivity contribution in [3.8, 4) is 0 Å². The van der Waals surface area contributed by atoms with Gasteiger partial charge in [-0.2, -0.15) is 0 Å². The van der Waals surface area contributed by atoms with Gasteiger partial charge >= 0.3 is 0 Å². The van der Waals surface area contributed by atoms with Crippen LogP contribution in [0.2, 0.25) is 0 Å². The molecule has 0 saturated heterocycles. The lowest BCUT2D eigenvalue weighted by molar-refractivity contribution is 0.945. The van der Waals surface area contributed by atoms with E-state index in [-0.39, 0.29) is 0 Å². The molecule has 0 unspecified atom stereocenters. The van der Waals surface area contributed by atoms with Crippen molar-refractivity contribution >= 4 is 39.1 Å². The van der Waals surface area contributed by atoms with E-state index >= 15 is 0 Å². The first kappa shape index (κ1) is 12.1. The maximum atomic E-state index is 4.50. The Morgan fingerprint density at radius 1 is 1.11 bits per heavy atom. The highest BCUT2D eigenvalue weighted by Crippen LogP contribution is 2.19. The minimum absolute atomic E-state index is 0.712. The lowest BCUT2D eigenvalue weighted by Crippen LogP contribution is -1.87. The van der Waals surface area contributed by atoms with Crippen LogP contribution in [0.15, 0.2) is 58.0 Å². The predicted octanol–water partition coefficient (Wildman–Crippen LogP) is 4.09. The lowest BCUT2D eigenvalue weighted by Gasteiger charge is -1.96. The van der Waals surface area contributed by atoms with E-state index in [1.54, 1.807) is 0 Å². The van der Waals surface area contributed by atoms with Gasteiger partial charge in [-0.3, -0.25) is 0 Å². The molecule has 0 atom stereocenters. The first-order chi connectivity index (χ1) is 9.24. The van der Waals surface area contributed by atoms with Crippen molar-refractivity contribution in [1.82, 2.24) is 9.55 Å². The molecule has 1 aromatic heterocycles.